The lowest BCUT2D eigenvalue weighted by molar-refractivity contribution is -0.00595. The Kier molecular flexibility index (Phi) is 4.41. The second kappa shape index (κ2) is 6.68. The molecule has 0 amide bonds. The van der Waals surface area contributed by atoms with Gasteiger partial charge in [-0.2, -0.15) is 8.78 Å². The van der Waals surface area contributed by atoms with Crippen molar-refractivity contribution in [1.29, 1.82) is 0 Å². The van der Waals surface area contributed by atoms with E-state index in [-0.39, 0.29) is 30.6 Å². The highest BCUT2D eigenvalue weighted by Gasteiger charge is 2.44. The molecule has 0 radical (unpaired) electrons. The Balaban J connectivity index is 1.62. The molecule has 1 fully saturated rings. The number of nitrogens with zero attached hydrogens (tertiary/aromatic N) is 3. The third-order valence-corrected chi connectivity index (χ3v) is 7.17. The first-order chi connectivity index (χ1) is 14.1. The van der Waals surface area contributed by atoms with Crippen molar-refractivity contribution in [2.75, 3.05) is 17.7 Å². The van der Waals surface area contributed by atoms with Gasteiger partial charge in [0.2, 0.25) is 16.0 Å². The van der Waals surface area contributed by atoms with Gasteiger partial charge in [0.25, 0.3) is 5.92 Å². The minimum absolute atomic E-state index is 0.159. The molecule has 2 aromatic rings. The molecule has 1 aliphatic heterocycles. The van der Waals surface area contributed by atoms with Gasteiger partial charge in [-0.25, -0.2) is 23.1 Å². The van der Waals surface area contributed by atoms with E-state index in [0.717, 1.165) is 42.3 Å². The van der Waals surface area contributed by atoms with Crippen LogP contribution in [0.4, 0.5) is 14.7 Å². The van der Waals surface area contributed by atoms with E-state index in [4.69, 9.17) is 4.98 Å². The summed E-state index contributed by atoms with van der Waals surface area (Å²) in [4.78, 5) is 11.0. The highest BCUT2D eigenvalue weighted by molar-refractivity contribution is 7.88. The number of anilines is 1. The zero-order valence-corrected chi connectivity index (χ0v) is 17.8. The van der Waals surface area contributed by atoms with Gasteiger partial charge < -0.3 is 4.90 Å². The Labute approximate surface area is 174 Å². The van der Waals surface area contributed by atoms with Crippen molar-refractivity contribution in [3.8, 4) is 11.3 Å². The lowest BCUT2D eigenvalue weighted by Crippen LogP contribution is -2.47. The Bertz CT molecular complexity index is 1140. The van der Waals surface area contributed by atoms with E-state index < -0.39 is 15.9 Å². The predicted molar refractivity (Wildman–Crippen MR) is 110 cm³/mol. The Hall–Kier alpha value is -2.13. The second-order valence-corrected chi connectivity index (χ2v) is 10.4. The first-order valence-corrected chi connectivity index (χ1v) is 12.2. The van der Waals surface area contributed by atoms with E-state index in [9.17, 15) is 17.2 Å². The molecule has 1 N–H and O–H groups in total. The maximum atomic E-state index is 14.6. The molecule has 0 unspecified atom stereocenters. The van der Waals surface area contributed by atoms with Crippen LogP contribution in [0.1, 0.15) is 54.6 Å². The monoisotopic (exact) mass is 434 g/mol. The van der Waals surface area contributed by atoms with Crippen molar-refractivity contribution >= 4 is 16.0 Å². The number of aryl methyl sites for hydroxylation is 1. The molecule has 0 spiro atoms. The molecule has 9 heteroatoms. The molecule has 2 aliphatic carbocycles. The molecule has 0 saturated carbocycles. The van der Waals surface area contributed by atoms with Crippen molar-refractivity contribution in [1.82, 2.24) is 14.7 Å². The number of benzene rings is 1. The van der Waals surface area contributed by atoms with Gasteiger partial charge in [-0.1, -0.05) is 12.1 Å². The number of hydrogen-bond acceptors (Lipinski definition) is 5. The van der Waals surface area contributed by atoms with Crippen LogP contribution in [0.2, 0.25) is 0 Å². The molecule has 2 atom stereocenters. The second-order valence-electron chi connectivity index (χ2n) is 8.63. The van der Waals surface area contributed by atoms with Crippen molar-refractivity contribution < 1.29 is 17.2 Å². The molecule has 1 saturated heterocycles. The molecule has 2 heterocycles. The van der Waals surface area contributed by atoms with Gasteiger partial charge in [0.15, 0.2) is 0 Å². The highest BCUT2D eigenvalue weighted by atomic mass is 32.2. The summed E-state index contributed by atoms with van der Waals surface area (Å²) in [5, 5.41) is 0. The van der Waals surface area contributed by atoms with Crippen molar-refractivity contribution in [2.24, 2.45) is 0 Å². The molecule has 3 aliphatic rings. The molecule has 30 heavy (non-hydrogen) atoms. The molecule has 1 aromatic heterocycles. The normalized spacial score (nSPS) is 24.5. The molecule has 5 rings (SSSR count). The van der Waals surface area contributed by atoms with E-state index in [0.29, 0.717) is 23.6 Å². The standard InChI is InChI=1S/C21H24F2N4O2S/c1-12-8-10-27(12)20-24-18(15-7-9-21(22,23)19(15)25-20)14-4-3-13-5-6-17(16(13)11-14)26-30(2,28)29/h3-4,11-12,17,26H,5-10H2,1-2H3/t12-,17-/m0/s1. The number of fused-ring (bicyclic) bond motifs is 2. The quantitative estimate of drug-likeness (QED) is 0.799. The van der Waals surface area contributed by atoms with E-state index in [1.165, 1.54) is 0 Å². The number of rotatable bonds is 4. The maximum absolute atomic E-state index is 14.6. The van der Waals surface area contributed by atoms with Gasteiger partial charge in [0, 0.05) is 36.2 Å². The summed E-state index contributed by atoms with van der Waals surface area (Å²) in [5.74, 6) is -2.59. The van der Waals surface area contributed by atoms with Crippen LogP contribution < -0.4 is 9.62 Å². The minimum Gasteiger partial charge on any atom is -0.338 e. The van der Waals surface area contributed by atoms with Crippen molar-refractivity contribution in [3.05, 3.63) is 40.6 Å². The molecule has 6 nitrogen and oxygen atoms in total. The van der Waals surface area contributed by atoms with Crippen LogP contribution in [0.25, 0.3) is 11.3 Å². The van der Waals surface area contributed by atoms with Crippen LogP contribution >= 0.6 is 0 Å². The third kappa shape index (κ3) is 3.28. The zero-order chi connectivity index (χ0) is 21.3. The number of alkyl halides is 2. The van der Waals surface area contributed by atoms with Crippen LogP contribution in [-0.4, -0.2) is 37.2 Å². The van der Waals surface area contributed by atoms with Gasteiger partial charge in [-0.05, 0) is 49.8 Å². The maximum Gasteiger partial charge on any atom is 0.290 e. The van der Waals surface area contributed by atoms with Gasteiger partial charge in [0.1, 0.15) is 5.69 Å². The first kappa shape index (κ1) is 19.8. The van der Waals surface area contributed by atoms with Crippen LogP contribution in [0.15, 0.2) is 18.2 Å². The predicted octanol–water partition coefficient (Wildman–Crippen LogP) is 3.32. The third-order valence-electron chi connectivity index (χ3n) is 6.46. The lowest BCUT2D eigenvalue weighted by atomic mass is 9.99. The number of nitrogens with one attached hydrogen (secondary N) is 1. The molecular formula is C21H24F2N4O2S. The van der Waals surface area contributed by atoms with Gasteiger partial charge in [0.05, 0.1) is 11.9 Å². The fraction of sp³-hybridized carbons (Fsp3) is 0.524. The Morgan fingerprint density at radius 1 is 1.20 bits per heavy atom. The number of sulfonamides is 1. The smallest absolute Gasteiger partial charge is 0.290 e. The topological polar surface area (TPSA) is 75.2 Å². The Morgan fingerprint density at radius 3 is 2.67 bits per heavy atom. The molecule has 1 aromatic carbocycles. The summed E-state index contributed by atoms with van der Waals surface area (Å²) in [6.45, 7) is 2.80. The van der Waals surface area contributed by atoms with E-state index >= 15 is 0 Å². The van der Waals surface area contributed by atoms with Crippen LogP contribution in [0, 0.1) is 0 Å². The minimum atomic E-state index is -3.35. The van der Waals surface area contributed by atoms with E-state index in [2.05, 4.69) is 9.71 Å². The van der Waals surface area contributed by atoms with Crippen LogP contribution in [-0.2, 0) is 28.8 Å². The van der Waals surface area contributed by atoms with Gasteiger partial charge in [-0.3, -0.25) is 0 Å². The van der Waals surface area contributed by atoms with E-state index in [1.54, 1.807) is 0 Å². The summed E-state index contributed by atoms with van der Waals surface area (Å²) >= 11 is 0. The summed E-state index contributed by atoms with van der Waals surface area (Å²) in [5.41, 5.74) is 3.60. The first-order valence-electron chi connectivity index (χ1n) is 10.3. The fourth-order valence-electron chi connectivity index (χ4n) is 4.72. The van der Waals surface area contributed by atoms with Crippen molar-refractivity contribution in [3.63, 3.8) is 0 Å². The summed E-state index contributed by atoms with van der Waals surface area (Å²) < 4.78 is 55.3. The molecular weight excluding hydrogens is 410 g/mol. The SMILES string of the molecule is C[C@H]1CCN1c1nc(-c2ccc3c(c2)[C@@H](NS(C)(=O)=O)CC3)c2c(n1)C(F)(F)CC2. The zero-order valence-electron chi connectivity index (χ0n) is 17.0. The van der Waals surface area contributed by atoms with Crippen LogP contribution in [0.3, 0.4) is 0 Å². The van der Waals surface area contributed by atoms with E-state index in [1.807, 2.05) is 30.0 Å². The summed E-state index contributed by atoms with van der Waals surface area (Å²) in [7, 11) is -3.35. The number of hydrogen-bond donors (Lipinski definition) is 1. The fourth-order valence-corrected chi connectivity index (χ4v) is 5.48. The summed E-state index contributed by atoms with van der Waals surface area (Å²) in [6, 6.07) is 5.70. The highest BCUT2D eigenvalue weighted by Crippen LogP contribution is 2.45. The van der Waals surface area contributed by atoms with Gasteiger partial charge in [-0.15, -0.1) is 0 Å². The summed E-state index contributed by atoms with van der Waals surface area (Å²) in [6.07, 6.45) is 3.57. The Morgan fingerprint density at radius 2 is 2.00 bits per heavy atom. The average Bonchev–Trinajstić information content (AvgIpc) is 3.19. The van der Waals surface area contributed by atoms with Crippen LogP contribution in [0.5, 0.6) is 0 Å². The average molecular weight is 435 g/mol. The lowest BCUT2D eigenvalue weighted by Gasteiger charge is -2.39. The van der Waals surface area contributed by atoms with Crippen molar-refractivity contribution in [2.45, 2.75) is 57.0 Å². The van der Waals surface area contributed by atoms with Gasteiger partial charge >= 0.3 is 0 Å². The molecule has 0 bridgehead atoms. The molecule has 160 valence electrons. The number of aromatic nitrogens is 2. The largest absolute Gasteiger partial charge is 0.338 e. The number of halogens is 2.